The van der Waals surface area contributed by atoms with Gasteiger partial charge in [-0.2, -0.15) is 5.10 Å². The molecule has 2 rings (SSSR count). The normalized spacial score (nSPS) is 16.5. The highest BCUT2D eigenvalue weighted by atomic mass is 16.5. The molecule has 0 aliphatic heterocycles. The van der Waals surface area contributed by atoms with Crippen LogP contribution in [-0.4, -0.2) is 28.9 Å². The van der Waals surface area contributed by atoms with Crippen molar-refractivity contribution in [2.75, 3.05) is 13.2 Å². The lowest BCUT2D eigenvalue weighted by atomic mass is 9.96. The Morgan fingerprint density at radius 3 is 3.00 bits per heavy atom. The van der Waals surface area contributed by atoms with Crippen LogP contribution in [0, 0.1) is 0 Å². The van der Waals surface area contributed by atoms with Crippen molar-refractivity contribution >= 4 is 5.97 Å². The van der Waals surface area contributed by atoms with Crippen LogP contribution in [0.2, 0.25) is 0 Å². The van der Waals surface area contributed by atoms with Crippen molar-refractivity contribution in [3.63, 3.8) is 0 Å². The number of nitrogens with one attached hydrogen (secondary N) is 1. The van der Waals surface area contributed by atoms with Crippen LogP contribution in [0.1, 0.15) is 50.8 Å². The van der Waals surface area contributed by atoms with Gasteiger partial charge in [-0.1, -0.05) is 19.3 Å². The largest absolute Gasteiger partial charge is 0.465 e. The smallest absolute Gasteiger partial charge is 0.319 e. The van der Waals surface area contributed by atoms with Crippen LogP contribution in [0.15, 0.2) is 12.3 Å². The minimum Gasteiger partial charge on any atom is -0.465 e. The molecule has 1 heterocycles. The highest BCUT2D eigenvalue weighted by molar-refractivity contribution is 5.71. The summed E-state index contributed by atoms with van der Waals surface area (Å²) in [7, 11) is 0. The standard InChI is InChI=1S/C14H23N3O2/c1-2-19-14(18)11-15-10-12-8-9-17(16-12)13-6-4-3-5-7-13/h8-9,13,15H,2-7,10-11H2,1H3. The van der Waals surface area contributed by atoms with Crippen LogP contribution in [0.25, 0.3) is 0 Å². The summed E-state index contributed by atoms with van der Waals surface area (Å²) in [5.41, 5.74) is 0.981. The number of ether oxygens (including phenoxy) is 1. The first-order valence-corrected chi connectivity index (χ1v) is 7.20. The molecule has 1 aliphatic carbocycles. The molecule has 5 heteroatoms. The molecule has 0 bridgehead atoms. The second kappa shape index (κ2) is 7.28. The van der Waals surface area contributed by atoms with Crippen molar-refractivity contribution in [2.24, 2.45) is 0 Å². The number of carbonyl (C=O) groups excluding carboxylic acids is 1. The van der Waals surface area contributed by atoms with Gasteiger partial charge >= 0.3 is 5.97 Å². The number of esters is 1. The number of aromatic nitrogens is 2. The lowest BCUT2D eigenvalue weighted by Gasteiger charge is -2.21. The molecule has 1 aromatic heterocycles. The molecular formula is C14H23N3O2. The first kappa shape index (κ1) is 14.1. The Morgan fingerprint density at radius 1 is 1.47 bits per heavy atom. The van der Waals surface area contributed by atoms with E-state index >= 15 is 0 Å². The van der Waals surface area contributed by atoms with Crippen LogP contribution >= 0.6 is 0 Å². The van der Waals surface area contributed by atoms with Crippen LogP contribution in [0.3, 0.4) is 0 Å². The third kappa shape index (κ3) is 4.35. The first-order valence-electron chi connectivity index (χ1n) is 7.20. The van der Waals surface area contributed by atoms with E-state index in [2.05, 4.69) is 21.3 Å². The van der Waals surface area contributed by atoms with Gasteiger partial charge < -0.3 is 10.1 Å². The maximum absolute atomic E-state index is 11.2. The Hall–Kier alpha value is -1.36. The quantitative estimate of drug-likeness (QED) is 0.800. The molecule has 0 amide bonds. The Kier molecular flexibility index (Phi) is 5.39. The third-order valence-corrected chi connectivity index (χ3v) is 3.49. The molecule has 1 aromatic rings. The van der Waals surface area contributed by atoms with Gasteiger partial charge in [0, 0.05) is 12.7 Å². The van der Waals surface area contributed by atoms with Gasteiger partial charge in [0.05, 0.1) is 24.9 Å². The van der Waals surface area contributed by atoms with Crippen molar-refractivity contribution < 1.29 is 9.53 Å². The van der Waals surface area contributed by atoms with E-state index in [0.717, 1.165) is 5.69 Å². The molecule has 106 valence electrons. The SMILES string of the molecule is CCOC(=O)CNCc1ccn(C2CCCCC2)n1. The molecule has 1 N–H and O–H groups in total. The predicted molar refractivity (Wildman–Crippen MR) is 72.7 cm³/mol. The van der Waals surface area contributed by atoms with Gasteiger partial charge in [0.1, 0.15) is 0 Å². The van der Waals surface area contributed by atoms with Crippen LogP contribution in [-0.2, 0) is 16.1 Å². The average Bonchev–Trinajstić information content (AvgIpc) is 2.89. The minimum absolute atomic E-state index is 0.214. The topological polar surface area (TPSA) is 56.1 Å². The monoisotopic (exact) mass is 265 g/mol. The number of hydrogen-bond acceptors (Lipinski definition) is 4. The zero-order valence-corrected chi connectivity index (χ0v) is 11.6. The average molecular weight is 265 g/mol. The summed E-state index contributed by atoms with van der Waals surface area (Å²) < 4.78 is 6.94. The fourth-order valence-electron chi connectivity index (χ4n) is 2.53. The molecule has 0 spiro atoms. The highest BCUT2D eigenvalue weighted by Gasteiger charge is 2.15. The van der Waals surface area contributed by atoms with Crippen LogP contribution in [0.4, 0.5) is 0 Å². The predicted octanol–water partition coefficient (Wildman–Crippen LogP) is 2.04. The fraction of sp³-hybridized carbons (Fsp3) is 0.714. The Bertz CT molecular complexity index is 397. The van der Waals surface area contributed by atoms with E-state index in [1.54, 1.807) is 0 Å². The van der Waals surface area contributed by atoms with Crippen molar-refractivity contribution in [3.05, 3.63) is 18.0 Å². The maximum Gasteiger partial charge on any atom is 0.319 e. The first-order chi connectivity index (χ1) is 9.29. The van der Waals surface area contributed by atoms with Gasteiger partial charge in [0.2, 0.25) is 0 Å². The van der Waals surface area contributed by atoms with E-state index < -0.39 is 0 Å². The summed E-state index contributed by atoms with van der Waals surface area (Å²) >= 11 is 0. The van der Waals surface area contributed by atoms with Crippen LogP contribution in [0.5, 0.6) is 0 Å². The van der Waals surface area contributed by atoms with Gasteiger partial charge in [-0.15, -0.1) is 0 Å². The Morgan fingerprint density at radius 2 is 2.26 bits per heavy atom. The van der Waals surface area contributed by atoms with E-state index in [1.165, 1.54) is 32.1 Å². The van der Waals surface area contributed by atoms with Crippen molar-refractivity contribution in [3.8, 4) is 0 Å². The third-order valence-electron chi connectivity index (χ3n) is 3.49. The molecule has 0 aromatic carbocycles. The summed E-state index contributed by atoms with van der Waals surface area (Å²) in [6.45, 7) is 3.09. The summed E-state index contributed by atoms with van der Waals surface area (Å²) in [6.07, 6.45) is 8.49. The molecule has 0 saturated heterocycles. The second-order valence-electron chi connectivity index (χ2n) is 4.99. The van der Waals surface area contributed by atoms with Crippen LogP contribution < -0.4 is 5.32 Å². The van der Waals surface area contributed by atoms with E-state index in [4.69, 9.17) is 4.74 Å². The summed E-state index contributed by atoms with van der Waals surface area (Å²) in [6, 6.07) is 2.58. The molecule has 19 heavy (non-hydrogen) atoms. The van der Waals surface area contributed by atoms with E-state index in [9.17, 15) is 4.79 Å². The van der Waals surface area contributed by atoms with Gasteiger partial charge in [-0.25, -0.2) is 0 Å². The Labute approximate surface area is 114 Å². The number of rotatable bonds is 6. The van der Waals surface area contributed by atoms with Gasteiger partial charge in [0.25, 0.3) is 0 Å². The molecule has 0 unspecified atom stereocenters. The van der Waals surface area contributed by atoms with E-state index in [-0.39, 0.29) is 12.5 Å². The van der Waals surface area contributed by atoms with Gasteiger partial charge in [-0.3, -0.25) is 9.48 Å². The minimum atomic E-state index is -0.214. The summed E-state index contributed by atoms with van der Waals surface area (Å²) in [5, 5.41) is 7.63. The number of hydrogen-bond donors (Lipinski definition) is 1. The molecule has 0 atom stereocenters. The van der Waals surface area contributed by atoms with Crippen molar-refractivity contribution in [1.29, 1.82) is 0 Å². The molecular weight excluding hydrogens is 242 g/mol. The fourth-order valence-corrected chi connectivity index (χ4v) is 2.53. The zero-order chi connectivity index (χ0) is 13.5. The molecule has 1 saturated carbocycles. The van der Waals surface area contributed by atoms with E-state index in [1.807, 2.05) is 13.0 Å². The second-order valence-corrected chi connectivity index (χ2v) is 4.99. The highest BCUT2D eigenvalue weighted by Crippen LogP contribution is 2.27. The van der Waals surface area contributed by atoms with Gasteiger partial charge in [0.15, 0.2) is 0 Å². The van der Waals surface area contributed by atoms with Gasteiger partial charge in [-0.05, 0) is 25.8 Å². The lowest BCUT2D eigenvalue weighted by Crippen LogP contribution is -2.24. The summed E-state index contributed by atoms with van der Waals surface area (Å²) in [5.74, 6) is -0.214. The summed E-state index contributed by atoms with van der Waals surface area (Å²) in [4.78, 5) is 11.2. The zero-order valence-electron chi connectivity index (χ0n) is 11.6. The molecule has 1 fully saturated rings. The van der Waals surface area contributed by atoms with E-state index in [0.29, 0.717) is 19.2 Å². The van der Waals surface area contributed by atoms with Crippen molar-refractivity contribution in [2.45, 2.75) is 51.6 Å². The lowest BCUT2D eigenvalue weighted by molar-refractivity contribution is -0.142. The molecule has 0 radical (unpaired) electrons. The number of carbonyl (C=O) groups is 1. The number of nitrogens with zero attached hydrogens (tertiary/aromatic N) is 2. The Balaban J connectivity index is 1.75. The van der Waals surface area contributed by atoms with Crippen molar-refractivity contribution in [1.82, 2.24) is 15.1 Å². The molecule has 5 nitrogen and oxygen atoms in total. The molecule has 1 aliphatic rings. The maximum atomic E-state index is 11.2.